The molecule has 0 bridgehead atoms. The predicted molar refractivity (Wildman–Crippen MR) is 95.2 cm³/mol. The third-order valence-corrected chi connectivity index (χ3v) is 4.42. The SMILES string of the molecule is COc1ccc(-c2cc(CSCC(=O)NCc3ccco3)on2)cc1. The van der Waals surface area contributed by atoms with Gasteiger partial charge in [-0.15, -0.1) is 11.8 Å². The van der Waals surface area contributed by atoms with Crippen molar-refractivity contribution in [3.8, 4) is 17.0 Å². The van der Waals surface area contributed by atoms with Crippen LogP contribution in [-0.2, 0) is 17.1 Å². The third-order valence-electron chi connectivity index (χ3n) is 3.46. The molecule has 0 fully saturated rings. The largest absolute Gasteiger partial charge is 0.497 e. The van der Waals surface area contributed by atoms with Gasteiger partial charge in [0.15, 0.2) is 0 Å². The van der Waals surface area contributed by atoms with E-state index in [0.717, 1.165) is 28.5 Å². The number of benzene rings is 1. The fraction of sp³-hybridized carbons (Fsp3) is 0.222. The normalized spacial score (nSPS) is 10.6. The Morgan fingerprint density at radius 3 is 2.80 bits per heavy atom. The van der Waals surface area contributed by atoms with Gasteiger partial charge in [0.25, 0.3) is 0 Å². The zero-order valence-corrected chi connectivity index (χ0v) is 14.5. The first-order valence-corrected chi connectivity index (χ1v) is 8.87. The van der Waals surface area contributed by atoms with E-state index in [1.165, 1.54) is 11.8 Å². The van der Waals surface area contributed by atoms with Crippen LogP contribution in [0.2, 0.25) is 0 Å². The second-order valence-corrected chi connectivity index (χ2v) is 6.24. The summed E-state index contributed by atoms with van der Waals surface area (Å²) in [6, 6.07) is 13.1. The number of carbonyl (C=O) groups is 1. The fourth-order valence-electron chi connectivity index (χ4n) is 2.17. The van der Waals surface area contributed by atoms with Gasteiger partial charge in [-0.3, -0.25) is 4.79 Å². The van der Waals surface area contributed by atoms with Crippen molar-refractivity contribution in [1.82, 2.24) is 10.5 Å². The highest BCUT2D eigenvalue weighted by atomic mass is 32.2. The van der Waals surface area contributed by atoms with Crippen molar-refractivity contribution in [1.29, 1.82) is 0 Å². The van der Waals surface area contributed by atoms with Crippen molar-refractivity contribution in [2.24, 2.45) is 0 Å². The highest BCUT2D eigenvalue weighted by Gasteiger charge is 2.09. The second kappa shape index (κ2) is 8.43. The maximum atomic E-state index is 11.8. The Labute approximate surface area is 149 Å². The molecule has 2 heterocycles. The molecule has 1 N–H and O–H groups in total. The molecule has 0 aliphatic rings. The van der Waals surface area contributed by atoms with Gasteiger partial charge in [-0.1, -0.05) is 5.16 Å². The predicted octanol–water partition coefficient (Wildman–Crippen LogP) is 3.49. The number of aromatic nitrogens is 1. The number of nitrogens with zero attached hydrogens (tertiary/aromatic N) is 1. The van der Waals surface area contributed by atoms with Crippen molar-refractivity contribution in [2.45, 2.75) is 12.3 Å². The number of nitrogens with one attached hydrogen (secondary N) is 1. The average molecular weight is 358 g/mol. The lowest BCUT2D eigenvalue weighted by molar-refractivity contribution is -0.118. The van der Waals surface area contributed by atoms with E-state index in [-0.39, 0.29) is 5.91 Å². The number of hydrogen-bond acceptors (Lipinski definition) is 6. The second-order valence-electron chi connectivity index (χ2n) is 5.26. The molecule has 0 radical (unpaired) electrons. The van der Waals surface area contributed by atoms with E-state index in [0.29, 0.717) is 18.1 Å². The third kappa shape index (κ3) is 4.90. The van der Waals surface area contributed by atoms with E-state index >= 15 is 0 Å². The molecule has 1 aromatic carbocycles. The molecular formula is C18H18N2O4S. The molecule has 130 valence electrons. The number of ether oxygens (including phenoxy) is 1. The standard InChI is InChI=1S/C18H18N2O4S/c1-22-14-6-4-13(5-7-14)17-9-16(24-20-17)11-25-12-18(21)19-10-15-3-2-8-23-15/h2-9H,10-12H2,1H3,(H,19,21). The van der Waals surface area contributed by atoms with Gasteiger partial charge in [0.1, 0.15) is 23.0 Å². The van der Waals surface area contributed by atoms with E-state index in [2.05, 4.69) is 10.5 Å². The van der Waals surface area contributed by atoms with Gasteiger partial charge >= 0.3 is 0 Å². The van der Waals surface area contributed by atoms with Gasteiger partial charge in [0.2, 0.25) is 5.91 Å². The van der Waals surface area contributed by atoms with Crippen molar-refractivity contribution in [3.05, 3.63) is 60.2 Å². The van der Waals surface area contributed by atoms with E-state index in [9.17, 15) is 4.79 Å². The van der Waals surface area contributed by atoms with E-state index < -0.39 is 0 Å². The maximum Gasteiger partial charge on any atom is 0.230 e. The molecule has 0 aliphatic carbocycles. The summed E-state index contributed by atoms with van der Waals surface area (Å²) in [7, 11) is 1.63. The number of thioether (sulfide) groups is 1. The van der Waals surface area contributed by atoms with Crippen LogP contribution in [0.5, 0.6) is 5.75 Å². The van der Waals surface area contributed by atoms with Gasteiger partial charge in [-0.25, -0.2) is 0 Å². The molecule has 2 aromatic heterocycles. The molecule has 0 saturated heterocycles. The number of amides is 1. The van der Waals surface area contributed by atoms with Crippen LogP contribution >= 0.6 is 11.8 Å². The Morgan fingerprint density at radius 1 is 1.24 bits per heavy atom. The highest BCUT2D eigenvalue weighted by molar-refractivity contribution is 7.99. The molecule has 25 heavy (non-hydrogen) atoms. The van der Waals surface area contributed by atoms with Crippen molar-refractivity contribution in [3.63, 3.8) is 0 Å². The summed E-state index contributed by atoms with van der Waals surface area (Å²) in [4.78, 5) is 11.8. The van der Waals surface area contributed by atoms with Crippen LogP contribution in [0.1, 0.15) is 11.5 Å². The van der Waals surface area contributed by atoms with Gasteiger partial charge in [-0.2, -0.15) is 0 Å². The van der Waals surface area contributed by atoms with Gasteiger partial charge in [0, 0.05) is 11.6 Å². The molecule has 3 rings (SSSR count). The maximum absolute atomic E-state index is 11.8. The molecule has 7 heteroatoms. The fourth-order valence-corrected chi connectivity index (χ4v) is 2.90. The summed E-state index contributed by atoms with van der Waals surface area (Å²) in [5.41, 5.74) is 1.72. The first kappa shape index (κ1) is 17.2. The molecule has 0 spiro atoms. The van der Waals surface area contributed by atoms with Crippen LogP contribution in [0.15, 0.2) is 57.7 Å². The number of methoxy groups -OCH3 is 1. The summed E-state index contributed by atoms with van der Waals surface area (Å²) >= 11 is 1.47. The van der Waals surface area contributed by atoms with Crippen LogP contribution < -0.4 is 10.1 Å². The average Bonchev–Trinajstić information content (AvgIpc) is 3.32. The van der Waals surface area contributed by atoms with Crippen molar-refractivity contribution in [2.75, 3.05) is 12.9 Å². The molecule has 6 nitrogen and oxygen atoms in total. The van der Waals surface area contributed by atoms with Crippen LogP contribution in [0.25, 0.3) is 11.3 Å². The summed E-state index contributed by atoms with van der Waals surface area (Å²) in [6.45, 7) is 0.399. The Morgan fingerprint density at radius 2 is 2.08 bits per heavy atom. The zero-order chi connectivity index (χ0) is 17.5. The van der Waals surface area contributed by atoms with Crippen LogP contribution in [0, 0.1) is 0 Å². The van der Waals surface area contributed by atoms with Crippen LogP contribution in [0.4, 0.5) is 0 Å². The number of hydrogen-bond donors (Lipinski definition) is 1. The molecule has 0 atom stereocenters. The highest BCUT2D eigenvalue weighted by Crippen LogP contribution is 2.23. The minimum Gasteiger partial charge on any atom is -0.497 e. The van der Waals surface area contributed by atoms with Crippen LogP contribution in [0.3, 0.4) is 0 Å². The number of furan rings is 1. The molecule has 1 amide bonds. The van der Waals surface area contributed by atoms with Crippen molar-refractivity contribution < 1.29 is 18.5 Å². The Hall–Kier alpha value is -2.67. The quantitative estimate of drug-likeness (QED) is 0.664. The lowest BCUT2D eigenvalue weighted by atomic mass is 10.1. The van der Waals surface area contributed by atoms with Crippen molar-refractivity contribution >= 4 is 17.7 Å². The summed E-state index contributed by atoms with van der Waals surface area (Å²) in [5.74, 6) is 3.14. The first-order valence-electron chi connectivity index (χ1n) is 7.71. The van der Waals surface area contributed by atoms with Gasteiger partial charge in [0.05, 0.1) is 31.4 Å². The topological polar surface area (TPSA) is 77.5 Å². The monoisotopic (exact) mass is 358 g/mol. The summed E-state index contributed by atoms with van der Waals surface area (Å²) in [6.07, 6.45) is 1.58. The smallest absolute Gasteiger partial charge is 0.230 e. The van der Waals surface area contributed by atoms with E-state index in [4.69, 9.17) is 13.7 Å². The summed E-state index contributed by atoms with van der Waals surface area (Å²) in [5, 5.41) is 6.87. The molecule has 0 aliphatic heterocycles. The Balaban J connectivity index is 1.44. The molecular weight excluding hydrogens is 340 g/mol. The minimum atomic E-state index is -0.0451. The number of rotatable bonds is 8. The lowest BCUT2D eigenvalue weighted by Crippen LogP contribution is -2.24. The Bertz CT molecular complexity index is 797. The minimum absolute atomic E-state index is 0.0451. The molecule has 0 unspecified atom stereocenters. The Kier molecular flexibility index (Phi) is 5.79. The lowest BCUT2D eigenvalue weighted by Gasteiger charge is -2.02. The summed E-state index contributed by atoms with van der Waals surface area (Å²) < 4.78 is 15.6. The van der Waals surface area contributed by atoms with Gasteiger partial charge in [-0.05, 0) is 36.4 Å². The number of carbonyl (C=O) groups excluding carboxylic acids is 1. The van der Waals surface area contributed by atoms with E-state index in [1.54, 1.807) is 19.4 Å². The first-order chi connectivity index (χ1) is 12.2. The zero-order valence-electron chi connectivity index (χ0n) is 13.7. The molecule has 0 saturated carbocycles. The molecule has 3 aromatic rings. The van der Waals surface area contributed by atoms with Gasteiger partial charge < -0.3 is 19.0 Å². The van der Waals surface area contributed by atoms with E-state index in [1.807, 2.05) is 36.4 Å². The van der Waals surface area contributed by atoms with Crippen LogP contribution in [-0.4, -0.2) is 23.9 Å².